The molecule has 4 aromatic rings. The number of nitrogens with zero attached hydrogens (tertiary/aromatic N) is 3. The van der Waals surface area contributed by atoms with E-state index in [-0.39, 0.29) is 28.9 Å². The minimum Gasteiger partial charge on any atom is -0.490 e. The molecule has 0 saturated carbocycles. The highest BCUT2D eigenvalue weighted by molar-refractivity contribution is 9.10. The van der Waals surface area contributed by atoms with Crippen molar-refractivity contribution in [2.45, 2.75) is 39.7 Å². The van der Waals surface area contributed by atoms with Gasteiger partial charge in [0.25, 0.3) is 5.56 Å². The molecule has 1 heterocycles. The smallest absolute Gasteiger partial charge is 0.282 e. The van der Waals surface area contributed by atoms with Gasteiger partial charge in [-0.25, -0.2) is 9.37 Å². The van der Waals surface area contributed by atoms with Crippen LogP contribution in [0.3, 0.4) is 0 Å². The zero-order valence-electron chi connectivity index (χ0n) is 21.0. The van der Waals surface area contributed by atoms with Crippen LogP contribution in [0.5, 0.6) is 11.5 Å². The van der Waals surface area contributed by atoms with Crippen molar-refractivity contribution in [2.24, 2.45) is 5.10 Å². The maximum absolute atomic E-state index is 13.4. The summed E-state index contributed by atoms with van der Waals surface area (Å²) in [6.07, 6.45) is 2.33. The molecule has 198 valence electrons. The number of fused-ring (bicyclic) bond motifs is 1. The highest BCUT2D eigenvalue weighted by Crippen LogP contribution is 2.42. The topological polar surface area (TPSA) is 65.7 Å². The van der Waals surface area contributed by atoms with Gasteiger partial charge < -0.3 is 9.47 Å². The highest BCUT2D eigenvalue weighted by Gasteiger charge is 2.19. The van der Waals surface area contributed by atoms with Gasteiger partial charge in [0, 0.05) is 20.4 Å². The van der Waals surface area contributed by atoms with Crippen molar-refractivity contribution in [3.05, 3.63) is 95.6 Å². The fourth-order valence-electron chi connectivity index (χ4n) is 3.73. The minimum absolute atomic E-state index is 0.00106. The molecule has 3 aromatic carbocycles. The Bertz CT molecular complexity index is 1560. The normalized spacial score (nSPS) is 12.3. The molecule has 0 N–H and O–H groups in total. The summed E-state index contributed by atoms with van der Waals surface area (Å²) >= 11 is 13.6. The molecule has 0 aliphatic rings. The second-order valence-electron chi connectivity index (χ2n) is 8.57. The Morgan fingerprint density at radius 3 is 2.55 bits per heavy atom. The molecule has 1 atom stereocenters. The van der Waals surface area contributed by atoms with Crippen LogP contribution in [-0.4, -0.2) is 22.5 Å². The average molecular weight is 666 g/mol. The van der Waals surface area contributed by atoms with Crippen LogP contribution >= 0.6 is 43.5 Å². The van der Waals surface area contributed by atoms with Gasteiger partial charge in [0.15, 0.2) is 11.5 Å². The standard InChI is InChI=1S/C28H25Br2ClFN3O3/c1-4-16(3)27-34-22-11-8-19(29)13-21(22)28(36)35(27)33-14-18-12-23(37-5-2)26(25(31)24(18)30)38-15-17-6-9-20(32)10-7-17/h6-14,16H,4-5,15H2,1-3H3/t16-/m0/s1. The van der Waals surface area contributed by atoms with Gasteiger partial charge in [-0.2, -0.15) is 9.78 Å². The van der Waals surface area contributed by atoms with Crippen molar-refractivity contribution >= 4 is 60.6 Å². The van der Waals surface area contributed by atoms with E-state index >= 15 is 0 Å². The second-order valence-corrected chi connectivity index (χ2v) is 10.7. The number of hydrogen-bond acceptors (Lipinski definition) is 5. The number of halogens is 4. The monoisotopic (exact) mass is 663 g/mol. The molecule has 0 bridgehead atoms. The van der Waals surface area contributed by atoms with Gasteiger partial charge in [0.2, 0.25) is 0 Å². The third-order valence-electron chi connectivity index (χ3n) is 5.95. The van der Waals surface area contributed by atoms with Crippen LogP contribution < -0.4 is 15.0 Å². The third kappa shape index (κ3) is 6.11. The number of hydrogen-bond donors (Lipinski definition) is 0. The van der Waals surface area contributed by atoms with E-state index in [2.05, 4.69) is 37.0 Å². The van der Waals surface area contributed by atoms with Gasteiger partial charge in [-0.1, -0.05) is 53.5 Å². The van der Waals surface area contributed by atoms with Crippen LogP contribution in [-0.2, 0) is 6.61 Å². The Morgan fingerprint density at radius 2 is 1.87 bits per heavy atom. The van der Waals surface area contributed by atoms with Crippen LogP contribution in [0.25, 0.3) is 10.9 Å². The fraction of sp³-hybridized carbons (Fsp3) is 0.250. The van der Waals surface area contributed by atoms with E-state index in [1.54, 1.807) is 30.5 Å². The maximum atomic E-state index is 13.4. The Morgan fingerprint density at radius 1 is 1.13 bits per heavy atom. The summed E-state index contributed by atoms with van der Waals surface area (Å²) in [4.78, 5) is 18.2. The molecule has 0 saturated heterocycles. The Balaban J connectivity index is 1.76. The minimum atomic E-state index is -0.321. The first kappa shape index (κ1) is 28.3. The van der Waals surface area contributed by atoms with Crippen LogP contribution in [0.1, 0.15) is 50.1 Å². The number of ether oxygens (including phenoxy) is 2. The van der Waals surface area contributed by atoms with Gasteiger partial charge >= 0.3 is 0 Å². The lowest BCUT2D eigenvalue weighted by Crippen LogP contribution is -2.23. The molecule has 10 heteroatoms. The van der Waals surface area contributed by atoms with E-state index in [4.69, 9.17) is 26.1 Å². The molecule has 0 amide bonds. The quantitative estimate of drug-likeness (QED) is 0.170. The van der Waals surface area contributed by atoms with E-state index in [1.807, 2.05) is 32.9 Å². The van der Waals surface area contributed by atoms with Crippen LogP contribution in [0.15, 0.2) is 67.4 Å². The summed E-state index contributed by atoms with van der Waals surface area (Å²) < 4.78 is 27.7. The van der Waals surface area contributed by atoms with Crippen LogP contribution in [0.2, 0.25) is 5.02 Å². The first-order valence-electron chi connectivity index (χ1n) is 12.0. The van der Waals surface area contributed by atoms with Gasteiger partial charge in [0.1, 0.15) is 23.3 Å². The summed E-state index contributed by atoms with van der Waals surface area (Å²) in [7, 11) is 0. The van der Waals surface area contributed by atoms with Crippen molar-refractivity contribution in [3.8, 4) is 11.5 Å². The molecule has 0 fully saturated rings. The zero-order chi connectivity index (χ0) is 27.4. The number of benzene rings is 3. The Hall–Kier alpha value is -2.75. The molecule has 6 nitrogen and oxygen atoms in total. The average Bonchev–Trinajstić information content (AvgIpc) is 2.91. The molecule has 38 heavy (non-hydrogen) atoms. The second kappa shape index (κ2) is 12.4. The summed E-state index contributed by atoms with van der Waals surface area (Å²) in [6, 6.07) is 13.2. The predicted molar refractivity (Wildman–Crippen MR) is 156 cm³/mol. The summed E-state index contributed by atoms with van der Waals surface area (Å²) in [6.45, 7) is 6.44. The van der Waals surface area contributed by atoms with Crippen molar-refractivity contribution in [1.29, 1.82) is 0 Å². The number of rotatable bonds is 9. The van der Waals surface area contributed by atoms with E-state index in [9.17, 15) is 9.18 Å². The van der Waals surface area contributed by atoms with Gasteiger partial charge in [0.05, 0.1) is 23.7 Å². The molecule has 1 aromatic heterocycles. The Kier molecular flexibility index (Phi) is 9.23. The first-order chi connectivity index (χ1) is 18.2. The lowest BCUT2D eigenvalue weighted by atomic mass is 10.1. The van der Waals surface area contributed by atoms with Crippen molar-refractivity contribution in [1.82, 2.24) is 9.66 Å². The van der Waals surface area contributed by atoms with Crippen LogP contribution in [0, 0.1) is 5.82 Å². The summed E-state index contributed by atoms with van der Waals surface area (Å²) in [5.74, 6) is 1.00. The van der Waals surface area contributed by atoms with Gasteiger partial charge in [-0.05, 0) is 71.2 Å². The molecular weight excluding hydrogens is 641 g/mol. The summed E-state index contributed by atoms with van der Waals surface area (Å²) in [5.41, 5.74) is 1.71. The summed E-state index contributed by atoms with van der Waals surface area (Å²) in [5, 5.41) is 5.29. The predicted octanol–water partition coefficient (Wildman–Crippen LogP) is 8.09. The highest BCUT2D eigenvalue weighted by atomic mass is 79.9. The molecule has 4 rings (SSSR count). The van der Waals surface area contributed by atoms with Crippen molar-refractivity contribution < 1.29 is 13.9 Å². The first-order valence-corrected chi connectivity index (χ1v) is 14.0. The van der Waals surface area contributed by atoms with E-state index in [0.717, 1.165) is 16.5 Å². The SMILES string of the molecule is CCOc1cc(C=Nn2c([C@@H](C)CC)nc3ccc(Br)cc3c2=O)c(Br)c(Cl)c1OCc1ccc(F)cc1. The molecule has 0 aliphatic carbocycles. The molecular formula is C28H25Br2ClFN3O3. The van der Waals surface area contributed by atoms with Crippen molar-refractivity contribution in [3.63, 3.8) is 0 Å². The lowest BCUT2D eigenvalue weighted by molar-refractivity contribution is 0.269. The fourth-order valence-corrected chi connectivity index (χ4v) is 4.75. The molecule has 0 spiro atoms. The zero-order valence-corrected chi connectivity index (χ0v) is 24.9. The van der Waals surface area contributed by atoms with E-state index < -0.39 is 0 Å². The maximum Gasteiger partial charge on any atom is 0.282 e. The van der Waals surface area contributed by atoms with Gasteiger partial charge in [-0.15, -0.1) is 0 Å². The van der Waals surface area contributed by atoms with E-state index in [1.165, 1.54) is 16.8 Å². The number of aromatic nitrogens is 2. The van der Waals surface area contributed by atoms with E-state index in [0.29, 0.717) is 44.9 Å². The van der Waals surface area contributed by atoms with Crippen molar-refractivity contribution in [2.75, 3.05) is 6.61 Å². The lowest BCUT2D eigenvalue weighted by Gasteiger charge is -2.17. The van der Waals surface area contributed by atoms with Gasteiger partial charge in [-0.3, -0.25) is 4.79 Å². The molecule has 0 aliphatic heterocycles. The Labute approximate surface area is 241 Å². The molecule has 0 unspecified atom stereocenters. The largest absolute Gasteiger partial charge is 0.490 e. The molecule has 0 radical (unpaired) electrons. The van der Waals surface area contributed by atoms with Crippen LogP contribution in [0.4, 0.5) is 4.39 Å². The third-order valence-corrected chi connectivity index (χ3v) is 7.89.